The van der Waals surface area contributed by atoms with E-state index in [2.05, 4.69) is 10.1 Å². The molecule has 0 aromatic carbocycles. The molecule has 94 valence electrons. The lowest BCUT2D eigenvalue weighted by Gasteiger charge is -2.22. The molecule has 0 aliphatic heterocycles. The van der Waals surface area contributed by atoms with Crippen LogP contribution in [0.3, 0.4) is 0 Å². The highest BCUT2D eigenvalue weighted by molar-refractivity contribution is 5.82. The van der Waals surface area contributed by atoms with E-state index < -0.39 is 0 Å². The van der Waals surface area contributed by atoms with Crippen molar-refractivity contribution in [2.24, 2.45) is 0 Å². The van der Waals surface area contributed by atoms with Crippen molar-refractivity contribution in [3.63, 3.8) is 0 Å². The summed E-state index contributed by atoms with van der Waals surface area (Å²) < 4.78 is 9.33. The predicted molar refractivity (Wildman–Crippen MR) is 59.0 cm³/mol. The number of nitrogens with zero attached hydrogens (tertiary/aromatic N) is 1. The van der Waals surface area contributed by atoms with Gasteiger partial charge >= 0.3 is 5.97 Å². The zero-order valence-corrected chi connectivity index (χ0v) is 10.3. The molecular formula is C10H20N2O4. The van der Waals surface area contributed by atoms with Crippen molar-refractivity contribution in [3.8, 4) is 0 Å². The van der Waals surface area contributed by atoms with Crippen LogP contribution in [-0.2, 0) is 19.1 Å². The van der Waals surface area contributed by atoms with Gasteiger partial charge in [-0.25, -0.2) is 0 Å². The van der Waals surface area contributed by atoms with Crippen molar-refractivity contribution in [2.75, 3.05) is 41.0 Å². The summed E-state index contributed by atoms with van der Waals surface area (Å²) in [6, 6.07) is -0.379. The number of hydrogen-bond donors (Lipinski definition) is 1. The molecule has 0 aromatic heterocycles. The fourth-order valence-electron chi connectivity index (χ4n) is 1.03. The van der Waals surface area contributed by atoms with Crippen molar-refractivity contribution in [2.45, 2.75) is 13.0 Å². The summed E-state index contributed by atoms with van der Waals surface area (Å²) in [4.78, 5) is 24.2. The summed E-state index contributed by atoms with van der Waals surface area (Å²) in [7, 11) is 4.58. The Morgan fingerprint density at radius 2 is 2.00 bits per heavy atom. The van der Waals surface area contributed by atoms with Gasteiger partial charge in [0.05, 0.1) is 26.3 Å². The van der Waals surface area contributed by atoms with Crippen LogP contribution >= 0.6 is 0 Å². The van der Waals surface area contributed by atoms with Gasteiger partial charge in [-0.05, 0) is 14.0 Å². The van der Waals surface area contributed by atoms with Gasteiger partial charge in [0.1, 0.15) is 0 Å². The molecule has 0 saturated heterocycles. The summed E-state index contributed by atoms with van der Waals surface area (Å²) in [5.74, 6) is -0.498. The van der Waals surface area contributed by atoms with E-state index in [1.54, 1.807) is 26.0 Å². The van der Waals surface area contributed by atoms with E-state index in [-0.39, 0.29) is 24.5 Å². The third-order valence-corrected chi connectivity index (χ3v) is 2.25. The number of rotatable bonds is 7. The summed E-state index contributed by atoms with van der Waals surface area (Å²) in [5, 5.41) is 2.70. The second-order valence-electron chi connectivity index (χ2n) is 3.45. The van der Waals surface area contributed by atoms with E-state index in [9.17, 15) is 9.59 Å². The number of hydrogen-bond acceptors (Lipinski definition) is 5. The average Bonchev–Trinajstić information content (AvgIpc) is 2.27. The van der Waals surface area contributed by atoms with Crippen LogP contribution in [0.25, 0.3) is 0 Å². The minimum absolute atomic E-state index is 0.0926. The van der Waals surface area contributed by atoms with Crippen LogP contribution in [0.15, 0.2) is 0 Å². The Balaban J connectivity index is 3.96. The van der Waals surface area contributed by atoms with Gasteiger partial charge in [-0.15, -0.1) is 0 Å². The Bertz CT molecular complexity index is 233. The number of amides is 1. The van der Waals surface area contributed by atoms with Crippen LogP contribution < -0.4 is 5.32 Å². The molecule has 0 fully saturated rings. The summed E-state index contributed by atoms with van der Waals surface area (Å²) >= 11 is 0. The van der Waals surface area contributed by atoms with Crippen LogP contribution in [-0.4, -0.2) is 63.8 Å². The van der Waals surface area contributed by atoms with Gasteiger partial charge in [-0.2, -0.15) is 0 Å². The van der Waals surface area contributed by atoms with E-state index >= 15 is 0 Å². The molecule has 1 amide bonds. The highest BCUT2D eigenvalue weighted by Crippen LogP contribution is 1.95. The van der Waals surface area contributed by atoms with E-state index in [0.29, 0.717) is 13.2 Å². The minimum atomic E-state index is -0.379. The second-order valence-corrected chi connectivity index (χ2v) is 3.45. The molecule has 6 nitrogen and oxygen atoms in total. The number of carbonyl (C=O) groups is 2. The maximum atomic E-state index is 11.6. The molecular weight excluding hydrogens is 212 g/mol. The molecule has 0 aromatic rings. The maximum Gasteiger partial charge on any atom is 0.319 e. The molecule has 0 bridgehead atoms. The molecule has 0 aliphatic rings. The minimum Gasteiger partial charge on any atom is -0.468 e. The topological polar surface area (TPSA) is 67.9 Å². The molecule has 0 radical (unpaired) electrons. The Hall–Kier alpha value is -1.14. The summed E-state index contributed by atoms with van der Waals surface area (Å²) in [6.07, 6.45) is 0. The largest absolute Gasteiger partial charge is 0.468 e. The number of methoxy groups -OCH3 is 2. The van der Waals surface area contributed by atoms with E-state index in [1.165, 1.54) is 7.11 Å². The molecule has 6 heteroatoms. The lowest BCUT2D eigenvalue weighted by molar-refractivity contribution is -0.142. The second kappa shape index (κ2) is 8.06. The van der Waals surface area contributed by atoms with Gasteiger partial charge in [0.2, 0.25) is 5.91 Å². The fourth-order valence-corrected chi connectivity index (χ4v) is 1.03. The highest BCUT2D eigenvalue weighted by atomic mass is 16.5. The highest BCUT2D eigenvalue weighted by Gasteiger charge is 2.19. The normalized spacial score (nSPS) is 12.3. The number of ether oxygens (including phenoxy) is 2. The quantitative estimate of drug-likeness (QED) is 0.462. The van der Waals surface area contributed by atoms with Crippen LogP contribution in [0, 0.1) is 0 Å². The first-order valence-electron chi connectivity index (χ1n) is 5.06. The Kier molecular flexibility index (Phi) is 7.49. The summed E-state index contributed by atoms with van der Waals surface area (Å²) in [5.41, 5.74) is 0. The van der Waals surface area contributed by atoms with Crippen molar-refractivity contribution >= 4 is 11.9 Å². The summed E-state index contributed by atoms with van der Waals surface area (Å²) in [6.45, 7) is 2.76. The standard InChI is InChI=1S/C10H20N2O4/c1-8(10(14)11-5-6-15-3)12(2)7-9(13)16-4/h8H,5-7H2,1-4H3,(H,11,14). The predicted octanol–water partition coefficient (Wildman–Crippen LogP) is -0.758. The monoisotopic (exact) mass is 232 g/mol. The third kappa shape index (κ3) is 5.67. The van der Waals surface area contributed by atoms with Crippen molar-refractivity contribution in [3.05, 3.63) is 0 Å². The van der Waals surface area contributed by atoms with Crippen molar-refractivity contribution < 1.29 is 19.1 Å². The van der Waals surface area contributed by atoms with Crippen molar-refractivity contribution in [1.29, 1.82) is 0 Å². The Morgan fingerprint density at radius 3 is 2.50 bits per heavy atom. The molecule has 0 aliphatic carbocycles. The number of likely N-dealkylation sites (N-methyl/N-ethyl adjacent to an activating group) is 1. The van der Waals surface area contributed by atoms with Crippen LogP contribution in [0.2, 0.25) is 0 Å². The molecule has 0 saturated carbocycles. The molecule has 0 rings (SSSR count). The molecule has 16 heavy (non-hydrogen) atoms. The van der Waals surface area contributed by atoms with Gasteiger partial charge in [-0.1, -0.05) is 0 Å². The van der Waals surface area contributed by atoms with E-state index in [0.717, 1.165) is 0 Å². The van der Waals surface area contributed by atoms with Gasteiger partial charge in [0, 0.05) is 13.7 Å². The molecule has 0 heterocycles. The number of esters is 1. The number of nitrogens with one attached hydrogen (secondary N) is 1. The lowest BCUT2D eigenvalue weighted by atomic mass is 10.3. The van der Waals surface area contributed by atoms with Crippen molar-refractivity contribution in [1.82, 2.24) is 10.2 Å². The smallest absolute Gasteiger partial charge is 0.319 e. The maximum absolute atomic E-state index is 11.6. The fraction of sp³-hybridized carbons (Fsp3) is 0.800. The zero-order valence-electron chi connectivity index (χ0n) is 10.3. The van der Waals surface area contributed by atoms with E-state index in [4.69, 9.17) is 4.74 Å². The first-order valence-corrected chi connectivity index (χ1v) is 5.06. The number of carbonyl (C=O) groups excluding carboxylic acids is 2. The molecule has 1 atom stereocenters. The van der Waals surface area contributed by atoms with Crippen LogP contribution in [0.4, 0.5) is 0 Å². The zero-order chi connectivity index (χ0) is 12.6. The Labute approximate surface area is 95.9 Å². The third-order valence-electron chi connectivity index (χ3n) is 2.25. The van der Waals surface area contributed by atoms with E-state index in [1.807, 2.05) is 0 Å². The first-order chi connectivity index (χ1) is 7.52. The molecule has 1 unspecified atom stereocenters. The van der Waals surface area contributed by atoms with Gasteiger partial charge in [-0.3, -0.25) is 14.5 Å². The Morgan fingerprint density at radius 1 is 1.38 bits per heavy atom. The molecule has 1 N–H and O–H groups in total. The average molecular weight is 232 g/mol. The lowest BCUT2D eigenvalue weighted by Crippen LogP contribution is -2.45. The SMILES string of the molecule is COCCNC(=O)C(C)N(C)CC(=O)OC. The van der Waals surface area contributed by atoms with Gasteiger partial charge in [0.25, 0.3) is 0 Å². The van der Waals surface area contributed by atoms with Gasteiger partial charge in [0.15, 0.2) is 0 Å². The van der Waals surface area contributed by atoms with Crippen LogP contribution in [0.1, 0.15) is 6.92 Å². The molecule has 0 spiro atoms. The van der Waals surface area contributed by atoms with Gasteiger partial charge < -0.3 is 14.8 Å². The van der Waals surface area contributed by atoms with Crippen LogP contribution in [0.5, 0.6) is 0 Å². The first kappa shape index (κ1) is 14.9.